The lowest BCUT2D eigenvalue weighted by Gasteiger charge is -2.19. The molecular formula is C21H37N9O6S. The number of ether oxygens (including phenoxy) is 1. The third kappa shape index (κ3) is 8.18. The van der Waals surface area contributed by atoms with Gasteiger partial charge in [0.25, 0.3) is 0 Å². The Bertz CT molecular complexity index is 1160. The highest BCUT2D eigenvalue weighted by atomic mass is 32.2. The smallest absolute Gasteiger partial charge is 0.226 e. The molecular weight excluding hydrogens is 506 g/mol. The summed E-state index contributed by atoms with van der Waals surface area (Å²) >= 11 is 0. The first-order valence-electron chi connectivity index (χ1n) is 12.1. The lowest BCUT2D eigenvalue weighted by Crippen LogP contribution is -2.37. The van der Waals surface area contributed by atoms with Gasteiger partial charge in [-0.05, 0) is 26.9 Å². The van der Waals surface area contributed by atoms with Crippen LogP contribution in [-0.4, -0.2) is 114 Å². The summed E-state index contributed by atoms with van der Waals surface area (Å²) < 4.78 is 31.9. The van der Waals surface area contributed by atoms with E-state index in [-0.39, 0.29) is 17.7 Å². The minimum absolute atomic E-state index is 0.106. The van der Waals surface area contributed by atoms with E-state index in [9.17, 15) is 23.4 Å². The van der Waals surface area contributed by atoms with E-state index in [1.54, 1.807) is 0 Å². The fourth-order valence-corrected chi connectivity index (χ4v) is 4.50. The standard InChI is InChI=1S/C21H37N9O6S/c1-29(2)11-13-16(32)17(33)20(36-13)30-12-25-15-18(22)27-21(28-19(15)30)24-10-9-23-14(31)7-5-4-6-8-26-37(3,34)35/h12-13,16-17,20,26,32-33H,4-11H2,1-3H3,(H,23,31)(H3,22,24,27,28)/t13-,16-,17-,20-/m1/s1. The number of nitrogen functional groups attached to an aromatic ring is 1. The van der Waals surface area contributed by atoms with Crippen molar-refractivity contribution in [2.75, 3.05) is 57.6 Å². The van der Waals surface area contributed by atoms with Crippen LogP contribution in [-0.2, 0) is 19.6 Å². The third-order valence-electron chi connectivity index (χ3n) is 5.78. The van der Waals surface area contributed by atoms with Gasteiger partial charge in [-0.1, -0.05) is 6.42 Å². The molecule has 208 valence electrons. The average Bonchev–Trinajstić information content (AvgIpc) is 3.34. The van der Waals surface area contributed by atoms with Crippen molar-refractivity contribution in [3.05, 3.63) is 6.33 Å². The maximum atomic E-state index is 12.0. The fourth-order valence-electron chi connectivity index (χ4n) is 3.98. The van der Waals surface area contributed by atoms with E-state index < -0.39 is 34.6 Å². The molecule has 0 saturated carbocycles. The maximum absolute atomic E-state index is 12.0. The van der Waals surface area contributed by atoms with Crippen LogP contribution < -0.4 is 21.1 Å². The minimum Gasteiger partial charge on any atom is -0.387 e. The summed E-state index contributed by atoms with van der Waals surface area (Å²) in [6.07, 6.45) is 1.22. The highest BCUT2D eigenvalue weighted by molar-refractivity contribution is 7.88. The molecule has 3 rings (SSSR count). The summed E-state index contributed by atoms with van der Waals surface area (Å²) in [5.74, 6) is 0.251. The number of aliphatic hydroxyl groups excluding tert-OH is 2. The largest absolute Gasteiger partial charge is 0.387 e. The van der Waals surface area contributed by atoms with Gasteiger partial charge in [0, 0.05) is 32.6 Å². The van der Waals surface area contributed by atoms with Gasteiger partial charge < -0.3 is 36.2 Å². The van der Waals surface area contributed by atoms with Crippen LogP contribution in [0.4, 0.5) is 11.8 Å². The molecule has 15 nitrogen and oxygen atoms in total. The SMILES string of the molecule is CN(C)C[C@H]1O[C@@H](n2cnc3c(N)nc(NCCNC(=O)CCCCCNS(C)(=O)=O)nc32)[C@H](O)[C@@H]1O. The zero-order valence-electron chi connectivity index (χ0n) is 21.3. The van der Waals surface area contributed by atoms with Gasteiger partial charge in [-0.25, -0.2) is 18.1 Å². The summed E-state index contributed by atoms with van der Waals surface area (Å²) in [6.45, 7) is 1.46. The van der Waals surface area contributed by atoms with Gasteiger partial charge in [0.15, 0.2) is 17.7 Å². The summed E-state index contributed by atoms with van der Waals surface area (Å²) in [5, 5.41) is 26.8. The van der Waals surface area contributed by atoms with E-state index in [0.29, 0.717) is 56.6 Å². The van der Waals surface area contributed by atoms with Crippen LogP contribution in [0.15, 0.2) is 6.33 Å². The Labute approximate surface area is 215 Å². The molecule has 7 N–H and O–H groups in total. The van der Waals surface area contributed by atoms with Crippen LogP contribution in [0, 0.1) is 0 Å². The predicted octanol–water partition coefficient (Wildman–Crippen LogP) is -1.77. The average molecular weight is 544 g/mol. The number of aliphatic hydroxyl groups is 2. The van der Waals surface area contributed by atoms with Crippen molar-refractivity contribution in [3.8, 4) is 0 Å². The Morgan fingerprint density at radius 1 is 1.16 bits per heavy atom. The molecule has 1 aliphatic rings. The molecule has 0 unspecified atom stereocenters. The van der Waals surface area contributed by atoms with Gasteiger partial charge >= 0.3 is 0 Å². The summed E-state index contributed by atoms with van der Waals surface area (Å²) in [7, 11) is 0.510. The number of amides is 1. The van der Waals surface area contributed by atoms with Crippen molar-refractivity contribution in [3.63, 3.8) is 0 Å². The molecule has 1 saturated heterocycles. The van der Waals surface area contributed by atoms with Gasteiger partial charge in [0.1, 0.15) is 23.8 Å². The highest BCUT2D eigenvalue weighted by Crippen LogP contribution is 2.32. The second-order valence-corrected chi connectivity index (χ2v) is 11.2. The number of hydrogen-bond acceptors (Lipinski definition) is 12. The Morgan fingerprint density at radius 3 is 2.62 bits per heavy atom. The molecule has 37 heavy (non-hydrogen) atoms. The molecule has 2 aromatic rings. The third-order valence-corrected chi connectivity index (χ3v) is 6.51. The molecule has 0 radical (unpaired) electrons. The van der Waals surface area contributed by atoms with Gasteiger partial charge in [0.2, 0.25) is 21.9 Å². The van der Waals surface area contributed by atoms with Gasteiger partial charge in [-0.3, -0.25) is 9.36 Å². The summed E-state index contributed by atoms with van der Waals surface area (Å²) in [4.78, 5) is 26.8. The zero-order chi connectivity index (χ0) is 27.2. The van der Waals surface area contributed by atoms with E-state index in [0.717, 1.165) is 12.7 Å². The number of carbonyl (C=O) groups excluding carboxylic acids is 1. The van der Waals surface area contributed by atoms with Crippen molar-refractivity contribution >= 4 is 38.9 Å². The number of fused-ring (bicyclic) bond motifs is 1. The molecule has 0 aliphatic carbocycles. The minimum atomic E-state index is -3.18. The number of anilines is 2. The Hall–Kier alpha value is -2.63. The zero-order valence-corrected chi connectivity index (χ0v) is 22.1. The second kappa shape index (κ2) is 12.7. The molecule has 1 aliphatic heterocycles. The van der Waals surface area contributed by atoms with Crippen molar-refractivity contribution in [2.45, 2.75) is 50.2 Å². The Kier molecular flexibility index (Phi) is 9.97. The number of likely N-dealkylation sites (N-methyl/N-ethyl adjacent to an activating group) is 1. The normalized spacial score (nSPS) is 22.1. The number of hydrogen-bond donors (Lipinski definition) is 6. The Morgan fingerprint density at radius 2 is 1.92 bits per heavy atom. The van der Waals surface area contributed by atoms with Gasteiger partial charge in [0.05, 0.1) is 12.6 Å². The van der Waals surface area contributed by atoms with Crippen LogP contribution >= 0.6 is 0 Å². The van der Waals surface area contributed by atoms with E-state index in [4.69, 9.17) is 10.5 Å². The van der Waals surface area contributed by atoms with Crippen LogP contribution in [0.2, 0.25) is 0 Å². The van der Waals surface area contributed by atoms with E-state index in [1.165, 1.54) is 10.9 Å². The number of rotatable bonds is 14. The molecule has 16 heteroatoms. The summed E-state index contributed by atoms with van der Waals surface area (Å²) in [5.41, 5.74) is 6.73. The fraction of sp³-hybridized carbons (Fsp3) is 0.714. The number of unbranched alkanes of at least 4 members (excludes halogenated alkanes) is 2. The first-order chi connectivity index (χ1) is 17.5. The second-order valence-electron chi connectivity index (χ2n) is 9.32. The van der Waals surface area contributed by atoms with Crippen molar-refractivity contribution in [2.24, 2.45) is 0 Å². The van der Waals surface area contributed by atoms with Crippen molar-refractivity contribution in [1.82, 2.24) is 34.5 Å². The molecule has 4 atom stereocenters. The van der Waals surface area contributed by atoms with E-state index >= 15 is 0 Å². The van der Waals surface area contributed by atoms with Crippen molar-refractivity contribution < 1.29 is 28.2 Å². The highest BCUT2D eigenvalue weighted by Gasteiger charge is 2.44. The Balaban J connectivity index is 1.49. The number of carbonyl (C=O) groups is 1. The molecule has 2 aromatic heterocycles. The number of nitrogens with two attached hydrogens (primary N) is 1. The molecule has 0 aromatic carbocycles. The van der Waals surface area contributed by atoms with Crippen LogP contribution in [0.25, 0.3) is 11.2 Å². The molecule has 0 spiro atoms. The molecule has 1 amide bonds. The van der Waals surface area contributed by atoms with Crippen LogP contribution in [0.1, 0.15) is 31.9 Å². The van der Waals surface area contributed by atoms with Crippen LogP contribution in [0.5, 0.6) is 0 Å². The summed E-state index contributed by atoms with van der Waals surface area (Å²) in [6, 6.07) is 0. The lowest BCUT2D eigenvalue weighted by molar-refractivity contribution is -0.121. The quantitative estimate of drug-likeness (QED) is 0.146. The van der Waals surface area contributed by atoms with E-state index in [2.05, 4.69) is 30.3 Å². The number of aromatic nitrogens is 4. The predicted molar refractivity (Wildman–Crippen MR) is 137 cm³/mol. The number of nitrogens with one attached hydrogen (secondary N) is 3. The number of imidazole rings is 1. The monoisotopic (exact) mass is 543 g/mol. The lowest BCUT2D eigenvalue weighted by atomic mass is 10.1. The molecule has 0 bridgehead atoms. The maximum Gasteiger partial charge on any atom is 0.226 e. The number of nitrogens with zero attached hydrogens (tertiary/aromatic N) is 5. The van der Waals surface area contributed by atoms with E-state index in [1.807, 2.05) is 19.0 Å². The first kappa shape index (κ1) is 28.9. The topological polar surface area (TPSA) is 210 Å². The number of sulfonamides is 1. The first-order valence-corrected chi connectivity index (χ1v) is 14.0. The van der Waals surface area contributed by atoms with Gasteiger partial charge in [-0.15, -0.1) is 0 Å². The van der Waals surface area contributed by atoms with Gasteiger partial charge in [-0.2, -0.15) is 9.97 Å². The van der Waals surface area contributed by atoms with Crippen LogP contribution in [0.3, 0.4) is 0 Å². The molecule has 1 fully saturated rings. The van der Waals surface area contributed by atoms with Crippen molar-refractivity contribution in [1.29, 1.82) is 0 Å². The molecule has 3 heterocycles.